The number of amides is 1. The van der Waals surface area contributed by atoms with Gasteiger partial charge >= 0.3 is 0 Å². The van der Waals surface area contributed by atoms with Crippen molar-refractivity contribution in [2.75, 3.05) is 6.54 Å². The average Bonchev–Trinajstić information content (AvgIpc) is 2.80. The van der Waals surface area contributed by atoms with E-state index in [1.807, 2.05) is 12.1 Å². The lowest BCUT2D eigenvalue weighted by atomic mass is 10.0. The van der Waals surface area contributed by atoms with E-state index in [9.17, 15) is 9.90 Å². The van der Waals surface area contributed by atoms with Gasteiger partial charge in [-0.25, -0.2) is 0 Å². The fourth-order valence-corrected chi connectivity index (χ4v) is 4.20. The summed E-state index contributed by atoms with van der Waals surface area (Å²) in [6, 6.07) is 5.44. The van der Waals surface area contributed by atoms with Crippen molar-refractivity contribution in [1.29, 1.82) is 0 Å². The molecule has 0 atom stereocenters. The van der Waals surface area contributed by atoms with Gasteiger partial charge in [0.25, 0.3) is 5.91 Å². The minimum Gasteiger partial charge on any atom is -0.392 e. The zero-order chi connectivity index (χ0) is 22.6. The van der Waals surface area contributed by atoms with Crippen LogP contribution in [0.2, 0.25) is 0 Å². The Morgan fingerprint density at radius 2 is 1.29 bits per heavy atom. The Morgan fingerprint density at radius 3 is 1.74 bits per heavy atom. The summed E-state index contributed by atoms with van der Waals surface area (Å²) >= 11 is 0. The second-order valence-electron chi connectivity index (χ2n) is 8.86. The highest BCUT2D eigenvalue weighted by Gasteiger charge is 2.13. The van der Waals surface area contributed by atoms with E-state index in [-0.39, 0.29) is 12.5 Å². The summed E-state index contributed by atoms with van der Waals surface area (Å²) in [5, 5.41) is 12.5. The first kappa shape index (κ1) is 27.6. The first-order valence-corrected chi connectivity index (χ1v) is 12.9. The van der Waals surface area contributed by atoms with Crippen LogP contribution in [0.15, 0.2) is 18.2 Å². The number of hydrogen-bond acceptors (Lipinski definition) is 3. The highest BCUT2D eigenvalue weighted by molar-refractivity contribution is 5.96. The highest BCUT2D eigenvalue weighted by Crippen LogP contribution is 2.16. The zero-order valence-electron chi connectivity index (χ0n) is 20.1. The summed E-state index contributed by atoms with van der Waals surface area (Å²) in [5.41, 5.74) is 7.72. The molecule has 1 aromatic rings. The summed E-state index contributed by atoms with van der Waals surface area (Å²) in [6.45, 7) is 3.14. The summed E-state index contributed by atoms with van der Waals surface area (Å²) in [6.07, 6.45) is 21.5. The minimum atomic E-state index is -0.158. The number of carbonyl (C=O) groups is 1. The second-order valence-corrected chi connectivity index (χ2v) is 8.86. The topological polar surface area (TPSA) is 75.4 Å². The molecule has 0 aromatic heterocycles. The number of carbonyl (C=O) groups excluding carboxylic acids is 1. The van der Waals surface area contributed by atoms with Crippen molar-refractivity contribution in [2.24, 2.45) is 5.73 Å². The number of unbranched alkanes of at least 4 members (excludes halogenated alkanes) is 15. The van der Waals surface area contributed by atoms with Crippen molar-refractivity contribution in [3.8, 4) is 0 Å². The predicted molar refractivity (Wildman–Crippen MR) is 132 cm³/mol. The van der Waals surface area contributed by atoms with Gasteiger partial charge in [-0.15, -0.1) is 0 Å². The van der Waals surface area contributed by atoms with Crippen LogP contribution in [0.3, 0.4) is 0 Å². The van der Waals surface area contributed by atoms with Gasteiger partial charge in [0.05, 0.1) is 6.61 Å². The van der Waals surface area contributed by atoms with Crippen molar-refractivity contribution in [1.82, 2.24) is 5.32 Å². The van der Waals surface area contributed by atoms with E-state index in [2.05, 4.69) is 12.2 Å². The van der Waals surface area contributed by atoms with Crippen molar-refractivity contribution in [3.63, 3.8) is 0 Å². The molecule has 4 heteroatoms. The number of benzene rings is 1. The standard InChI is InChI=1S/C27H48N2O2/c1-2-3-4-5-6-7-8-9-10-11-12-13-14-15-16-17-21-29-27(31)25-20-18-19-24(22-28)26(25)23-30/h18-20,30H,2-17,21-23,28H2,1H3,(H,29,31). The minimum absolute atomic E-state index is 0.111. The third-order valence-electron chi connectivity index (χ3n) is 6.21. The fraction of sp³-hybridized carbons (Fsp3) is 0.741. The quantitative estimate of drug-likeness (QED) is 0.202. The highest BCUT2D eigenvalue weighted by atomic mass is 16.3. The molecule has 0 fully saturated rings. The van der Waals surface area contributed by atoms with Gasteiger partial charge in [0, 0.05) is 18.7 Å². The average molecular weight is 433 g/mol. The number of aliphatic hydroxyl groups excluding tert-OH is 1. The maximum Gasteiger partial charge on any atom is 0.251 e. The van der Waals surface area contributed by atoms with E-state index in [0.717, 1.165) is 18.4 Å². The molecule has 178 valence electrons. The summed E-state index contributed by atoms with van der Waals surface area (Å²) in [4.78, 5) is 12.4. The normalized spacial score (nSPS) is 11.1. The van der Waals surface area contributed by atoms with E-state index in [1.54, 1.807) is 6.07 Å². The van der Waals surface area contributed by atoms with Crippen LogP contribution in [0.5, 0.6) is 0 Å². The van der Waals surface area contributed by atoms with Crippen LogP contribution >= 0.6 is 0 Å². The molecular weight excluding hydrogens is 384 g/mol. The lowest BCUT2D eigenvalue weighted by Gasteiger charge is -2.12. The van der Waals surface area contributed by atoms with Crippen LogP contribution in [0, 0.1) is 0 Å². The third kappa shape index (κ3) is 12.9. The van der Waals surface area contributed by atoms with E-state index in [1.165, 1.54) is 89.9 Å². The summed E-state index contributed by atoms with van der Waals surface area (Å²) < 4.78 is 0. The molecule has 0 spiro atoms. The number of aliphatic hydroxyl groups is 1. The lowest BCUT2D eigenvalue weighted by molar-refractivity contribution is 0.0949. The Bertz CT molecular complexity index is 574. The molecule has 4 nitrogen and oxygen atoms in total. The smallest absolute Gasteiger partial charge is 0.251 e. The fourth-order valence-electron chi connectivity index (χ4n) is 4.20. The SMILES string of the molecule is CCCCCCCCCCCCCCCCCCNC(=O)c1cccc(CN)c1CO. The van der Waals surface area contributed by atoms with Crippen LogP contribution < -0.4 is 11.1 Å². The van der Waals surface area contributed by atoms with Crippen molar-refractivity contribution >= 4 is 5.91 Å². The van der Waals surface area contributed by atoms with Crippen LogP contribution in [0.1, 0.15) is 131 Å². The molecular formula is C27H48N2O2. The molecule has 4 N–H and O–H groups in total. The van der Waals surface area contributed by atoms with Gasteiger partial charge in [0.1, 0.15) is 0 Å². The molecule has 1 amide bonds. The van der Waals surface area contributed by atoms with Crippen molar-refractivity contribution in [3.05, 3.63) is 34.9 Å². The van der Waals surface area contributed by atoms with Gasteiger partial charge in [-0.05, 0) is 23.6 Å². The Morgan fingerprint density at radius 1 is 0.806 bits per heavy atom. The molecule has 1 aromatic carbocycles. The monoisotopic (exact) mass is 432 g/mol. The van der Waals surface area contributed by atoms with Crippen LogP contribution in [0.25, 0.3) is 0 Å². The summed E-state index contributed by atoms with van der Waals surface area (Å²) in [7, 11) is 0. The molecule has 0 radical (unpaired) electrons. The first-order valence-electron chi connectivity index (χ1n) is 12.9. The van der Waals surface area contributed by atoms with Gasteiger partial charge in [-0.2, -0.15) is 0 Å². The molecule has 31 heavy (non-hydrogen) atoms. The van der Waals surface area contributed by atoms with Gasteiger partial charge in [0.15, 0.2) is 0 Å². The van der Waals surface area contributed by atoms with E-state index >= 15 is 0 Å². The molecule has 1 rings (SSSR count). The number of rotatable bonds is 20. The maximum atomic E-state index is 12.4. The maximum absolute atomic E-state index is 12.4. The van der Waals surface area contributed by atoms with E-state index in [4.69, 9.17) is 5.73 Å². The molecule has 0 aliphatic carbocycles. The zero-order valence-corrected chi connectivity index (χ0v) is 20.1. The molecule has 0 bridgehead atoms. The molecule has 0 saturated carbocycles. The van der Waals surface area contributed by atoms with Crippen molar-refractivity contribution < 1.29 is 9.90 Å². The molecule has 0 aliphatic rings. The number of nitrogens with two attached hydrogens (primary N) is 1. The lowest BCUT2D eigenvalue weighted by Crippen LogP contribution is -2.26. The Labute approximate surface area is 191 Å². The number of hydrogen-bond donors (Lipinski definition) is 3. The Balaban J connectivity index is 1.93. The molecule has 0 saturated heterocycles. The predicted octanol–water partition coefficient (Wildman–Crippen LogP) is 6.63. The Kier molecular flexibility index (Phi) is 17.2. The Hall–Kier alpha value is -1.39. The van der Waals surface area contributed by atoms with Crippen LogP contribution in [-0.4, -0.2) is 17.6 Å². The largest absolute Gasteiger partial charge is 0.392 e. The van der Waals surface area contributed by atoms with Gasteiger partial charge in [-0.1, -0.05) is 115 Å². The van der Waals surface area contributed by atoms with E-state index < -0.39 is 0 Å². The van der Waals surface area contributed by atoms with Crippen molar-refractivity contribution in [2.45, 2.75) is 123 Å². The van der Waals surface area contributed by atoms with Gasteiger partial charge in [0.2, 0.25) is 0 Å². The molecule has 0 aliphatic heterocycles. The second kappa shape index (κ2) is 19.3. The first-order chi connectivity index (χ1) is 15.2. The van der Waals surface area contributed by atoms with Gasteiger partial charge in [-0.3, -0.25) is 4.79 Å². The van der Waals surface area contributed by atoms with Crippen LogP contribution in [-0.2, 0) is 13.2 Å². The number of nitrogens with one attached hydrogen (secondary N) is 1. The molecule has 0 unspecified atom stereocenters. The summed E-state index contributed by atoms with van der Waals surface area (Å²) in [5.74, 6) is -0.111. The van der Waals surface area contributed by atoms with Gasteiger partial charge < -0.3 is 16.2 Å². The molecule has 0 heterocycles. The third-order valence-corrected chi connectivity index (χ3v) is 6.21. The van der Waals surface area contributed by atoms with E-state index in [0.29, 0.717) is 24.2 Å². The van der Waals surface area contributed by atoms with Crippen LogP contribution in [0.4, 0.5) is 0 Å².